The summed E-state index contributed by atoms with van der Waals surface area (Å²) < 4.78 is 0. The largest absolute Gasteiger partial charge is 0.341 e. The van der Waals surface area contributed by atoms with Crippen molar-refractivity contribution in [3.05, 3.63) is 71.9 Å². The van der Waals surface area contributed by atoms with Gasteiger partial charge in [0.2, 0.25) is 0 Å². The topological polar surface area (TPSA) is 71.1 Å². The van der Waals surface area contributed by atoms with Crippen molar-refractivity contribution in [1.82, 2.24) is 10.3 Å². The maximum absolute atomic E-state index is 12.6. The second-order valence-electron chi connectivity index (χ2n) is 7.13. The molecule has 3 aromatic rings. The number of benzene rings is 2. The van der Waals surface area contributed by atoms with Gasteiger partial charge in [0.1, 0.15) is 0 Å². The first kappa shape index (κ1) is 19.5. The Morgan fingerprint density at radius 1 is 0.964 bits per heavy atom. The molecule has 0 saturated heterocycles. The van der Waals surface area contributed by atoms with E-state index in [0.29, 0.717) is 11.2 Å². The van der Waals surface area contributed by atoms with Crippen molar-refractivity contribution in [2.75, 3.05) is 5.32 Å². The molecule has 1 unspecified atom stereocenters. The van der Waals surface area contributed by atoms with Gasteiger partial charge in [-0.05, 0) is 35.6 Å². The van der Waals surface area contributed by atoms with Crippen LogP contribution in [0.3, 0.4) is 0 Å². The summed E-state index contributed by atoms with van der Waals surface area (Å²) in [6.07, 6.45) is 2.62. The van der Waals surface area contributed by atoms with Crippen LogP contribution in [0.4, 0.5) is 5.69 Å². The highest BCUT2D eigenvalue weighted by Crippen LogP contribution is 2.23. The zero-order chi connectivity index (χ0) is 20.1. The van der Waals surface area contributed by atoms with Crippen LogP contribution in [0.25, 0.3) is 10.9 Å². The van der Waals surface area contributed by atoms with Crippen LogP contribution in [0.15, 0.2) is 60.8 Å². The monoisotopic (exact) mass is 375 g/mol. The average molecular weight is 375 g/mol. The van der Waals surface area contributed by atoms with Gasteiger partial charge in [0, 0.05) is 11.6 Å². The molecular weight excluding hydrogens is 350 g/mol. The standard InChI is InChI=1S/C23H25N3O2/c1-4-16-10-12-18(13-11-16)20(15(2)3)26-23(28)22(27)25-19-9-5-7-17-8-6-14-24-21(17)19/h5-15,20H,4H2,1-3H3,(H,25,27)(H,26,28). The fraction of sp³-hybridized carbons (Fsp3) is 0.261. The lowest BCUT2D eigenvalue weighted by molar-refractivity contribution is -0.136. The Morgan fingerprint density at radius 3 is 2.36 bits per heavy atom. The number of carbonyl (C=O) groups is 2. The predicted molar refractivity (Wildman–Crippen MR) is 112 cm³/mol. The zero-order valence-electron chi connectivity index (χ0n) is 16.4. The Labute approximate surface area is 165 Å². The summed E-state index contributed by atoms with van der Waals surface area (Å²) in [5.74, 6) is -1.22. The Morgan fingerprint density at radius 2 is 1.68 bits per heavy atom. The van der Waals surface area contributed by atoms with Crippen LogP contribution in [0.2, 0.25) is 0 Å². The predicted octanol–water partition coefficient (Wildman–Crippen LogP) is 4.25. The van der Waals surface area contributed by atoms with Crippen LogP contribution in [-0.4, -0.2) is 16.8 Å². The van der Waals surface area contributed by atoms with Gasteiger partial charge < -0.3 is 10.6 Å². The van der Waals surface area contributed by atoms with E-state index >= 15 is 0 Å². The number of amides is 2. The SMILES string of the molecule is CCc1ccc(C(NC(=O)C(=O)Nc2cccc3cccnc23)C(C)C)cc1. The van der Waals surface area contributed by atoms with Crippen molar-refractivity contribution in [1.29, 1.82) is 0 Å². The van der Waals surface area contributed by atoms with Crippen LogP contribution in [0.1, 0.15) is 37.9 Å². The van der Waals surface area contributed by atoms with Gasteiger partial charge in [-0.3, -0.25) is 14.6 Å². The summed E-state index contributed by atoms with van der Waals surface area (Å²) in [7, 11) is 0. The smallest absolute Gasteiger partial charge is 0.313 e. The summed E-state index contributed by atoms with van der Waals surface area (Å²) in [6.45, 7) is 6.14. The number of anilines is 1. The number of hydrogen-bond donors (Lipinski definition) is 2. The number of nitrogens with zero attached hydrogens (tertiary/aromatic N) is 1. The molecule has 0 saturated carbocycles. The maximum atomic E-state index is 12.6. The number of fused-ring (bicyclic) bond motifs is 1. The Hall–Kier alpha value is -3.21. The van der Waals surface area contributed by atoms with Crippen molar-refractivity contribution in [2.45, 2.75) is 33.2 Å². The van der Waals surface area contributed by atoms with E-state index < -0.39 is 11.8 Å². The van der Waals surface area contributed by atoms with Crippen molar-refractivity contribution in [3.63, 3.8) is 0 Å². The fourth-order valence-electron chi connectivity index (χ4n) is 3.19. The van der Waals surface area contributed by atoms with E-state index in [9.17, 15) is 9.59 Å². The van der Waals surface area contributed by atoms with E-state index in [1.807, 2.05) is 50.2 Å². The average Bonchev–Trinajstić information content (AvgIpc) is 2.72. The first-order valence-electron chi connectivity index (χ1n) is 9.54. The first-order chi connectivity index (χ1) is 13.5. The maximum Gasteiger partial charge on any atom is 0.313 e. The minimum Gasteiger partial charge on any atom is -0.341 e. The minimum atomic E-state index is -0.700. The van der Waals surface area contributed by atoms with Crippen molar-refractivity contribution < 1.29 is 9.59 Å². The van der Waals surface area contributed by atoms with Gasteiger partial charge in [0.05, 0.1) is 17.2 Å². The number of aromatic nitrogens is 1. The molecule has 5 nitrogen and oxygen atoms in total. The third-order valence-corrected chi connectivity index (χ3v) is 4.79. The van der Waals surface area contributed by atoms with E-state index in [1.165, 1.54) is 5.56 Å². The van der Waals surface area contributed by atoms with Crippen LogP contribution >= 0.6 is 0 Å². The Bertz CT molecular complexity index is 975. The molecule has 0 aliphatic carbocycles. The van der Waals surface area contributed by atoms with E-state index in [0.717, 1.165) is 17.4 Å². The van der Waals surface area contributed by atoms with Crippen LogP contribution in [-0.2, 0) is 16.0 Å². The number of hydrogen-bond acceptors (Lipinski definition) is 3. The number of rotatable bonds is 5. The van der Waals surface area contributed by atoms with Crippen LogP contribution in [0, 0.1) is 5.92 Å². The second kappa shape index (κ2) is 8.65. The second-order valence-corrected chi connectivity index (χ2v) is 7.13. The van der Waals surface area contributed by atoms with Gasteiger partial charge in [-0.25, -0.2) is 0 Å². The highest BCUT2D eigenvalue weighted by Gasteiger charge is 2.23. The molecule has 0 radical (unpaired) electrons. The normalized spacial score (nSPS) is 12.0. The highest BCUT2D eigenvalue weighted by atomic mass is 16.2. The van der Waals surface area contributed by atoms with Crippen molar-refractivity contribution >= 4 is 28.4 Å². The Kier molecular flexibility index (Phi) is 6.04. The number of aryl methyl sites for hydroxylation is 1. The quantitative estimate of drug-likeness (QED) is 0.655. The summed E-state index contributed by atoms with van der Waals surface area (Å²) in [5, 5.41) is 6.45. The molecule has 2 aromatic carbocycles. The molecule has 28 heavy (non-hydrogen) atoms. The number of nitrogens with one attached hydrogen (secondary N) is 2. The molecule has 3 rings (SSSR count). The van der Waals surface area contributed by atoms with Crippen LogP contribution in [0.5, 0.6) is 0 Å². The van der Waals surface area contributed by atoms with Gasteiger partial charge >= 0.3 is 11.8 Å². The lowest BCUT2D eigenvalue weighted by Gasteiger charge is -2.23. The molecule has 1 aromatic heterocycles. The lowest BCUT2D eigenvalue weighted by atomic mass is 9.95. The van der Waals surface area contributed by atoms with E-state index in [4.69, 9.17) is 0 Å². The summed E-state index contributed by atoms with van der Waals surface area (Å²) in [4.78, 5) is 29.3. The lowest BCUT2D eigenvalue weighted by Crippen LogP contribution is -2.39. The summed E-state index contributed by atoms with van der Waals surface area (Å²) >= 11 is 0. The van der Waals surface area contributed by atoms with Gasteiger partial charge in [0.15, 0.2) is 0 Å². The molecule has 0 aliphatic heterocycles. The molecule has 2 N–H and O–H groups in total. The zero-order valence-corrected chi connectivity index (χ0v) is 16.4. The number of carbonyl (C=O) groups excluding carboxylic acids is 2. The van der Waals surface area contributed by atoms with E-state index in [-0.39, 0.29) is 12.0 Å². The first-order valence-corrected chi connectivity index (χ1v) is 9.54. The molecule has 0 bridgehead atoms. The minimum absolute atomic E-state index is 0.142. The number of pyridine rings is 1. The number of para-hydroxylation sites is 1. The van der Waals surface area contributed by atoms with E-state index in [2.05, 4.69) is 34.7 Å². The highest BCUT2D eigenvalue weighted by molar-refractivity contribution is 6.40. The van der Waals surface area contributed by atoms with Crippen molar-refractivity contribution in [2.24, 2.45) is 5.92 Å². The molecule has 0 spiro atoms. The van der Waals surface area contributed by atoms with Gasteiger partial charge in [-0.2, -0.15) is 0 Å². The molecule has 1 atom stereocenters. The molecule has 1 heterocycles. The summed E-state index contributed by atoms with van der Waals surface area (Å²) in [5.41, 5.74) is 3.40. The van der Waals surface area contributed by atoms with Gasteiger partial charge in [0.25, 0.3) is 0 Å². The molecular formula is C23H25N3O2. The summed E-state index contributed by atoms with van der Waals surface area (Å²) in [6, 6.07) is 17.1. The van der Waals surface area contributed by atoms with E-state index in [1.54, 1.807) is 12.3 Å². The van der Waals surface area contributed by atoms with Gasteiger partial charge in [-0.1, -0.05) is 63.2 Å². The molecule has 0 fully saturated rings. The molecule has 144 valence electrons. The molecule has 0 aliphatic rings. The fourth-order valence-corrected chi connectivity index (χ4v) is 3.19. The molecule has 5 heteroatoms. The molecule has 2 amide bonds. The third-order valence-electron chi connectivity index (χ3n) is 4.79. The Balaban J connectivity index is 1.75. The van der Waals surface area contributed by atoms with Gasteiger partial charge in [-0.15, -0.1) is 0 Å². The third kappa shape index (κ3) is 4.36. The van der Waals surface area contributed by atoms with Crippen molar-refractivity contribution in [3.8, 4) is 0 Å². The van der Waals surface area contributed by atoms with Crippen LogP contribution < -0.4 is 10.6 Å².